The third-order valence-corrected chi connectivity index (χ3v) is 2.01. The van der Waals surface area contributed by atoms with Gasteiger partial charge in [-0.2, -0.15) is 0 Å². The zero-order chi connectivity index (χ0) is 6.69. The summed E-state index contributed by atoms with van der Waals surface area (Å²) in [5.74, 6) is 0.0912. The molecule has 0 heterocycles. The van der Waals surface area contributed by atoms with Gasteiger partial charge in [0.1, 0.15) is 0 Å². The molecular weight excluding hydrogens is 153 g/mol. The quantitative estimate of drug-likeness (QED) is 0.565. The van der Waals surface area contributed by atoms with E-state index in [0.717, 1.165) is 12.8 Å². The summed E-state index contributed by atoms with van der Waals surface area (Å²) in [4.78, 5) is 10.6. The summed E-state index contributed by atoms with van der Waals surface area (Å²) >= 11 is 0. The summed E-state index contributed by atoms with van der Waals surface area (Å²) < 4.78 is 0. The van der Waals surface area contributed by atoms with E-state index in [4.69, 9.17) is 5.73 Å². The number of rotatable bonds is 1. The van der Waals surface area contributed by atoms with Gasteiger partial charge in [-0.15, -0.1) is 0 Å². The molecule has 0 aliphatic heterocycles. The Labute approximate surface area is 104 Å². The SMILES string of the molecule is NC(=O)C1CCCCC1.[KH]. The fourth-order valence-electron chi connectivity index (χ4n) is 1.39. The first kappa shape index (κ1) is 11.1. The number of carbonyl (C=O) groups is 1. The molecule has 1 amide bonds. The first-order valence-electron chi connectivity index (χ1n) is 3.60. The maximum absolute atomic E-state index is 10.6. The van der Waals surface area contributed by atoms with Crippen LogP contribution in [0, 0.1) is 5.92 Å². The Morgan fingerprint density at radius 1 is 1.20 bits per heavy atom. The van der Waals surface area contributed by atoms with E-state index in [1.807, 2.05) is 0 Å². The van der Waals surface area contributed by atoms with Crippen LogP contribution in [-0.2, 0) is 4.79 Å². The maximum atomic E-state index is 10.6. The fourth-order valence-corrected chi connectivity index (χ4v) is 1.39. The van der Waals surface area contributed by atoms with Crippen LogP contribution in [0.1, 0.15) is 32.1 Å². The van der Waals surface area contributed by atoms with Gasteiger partial charge < -0.3 is 5.73 Å². The summed E-state index contributed by atoms with van der Waals surface area (Å²) in [6.45, 7) is 0. The number of hydrogen-bond acceptors (Lipinski definition) is 1. The number of hydrogen-bond donors (Lipinski definition) is 1. The summed E-state index contributed by atoms with van der Waals surface area (Å²) in [6.07, 6.45) is 5.70. The van der Waals surface area contributed by atoms with Crippen LogP contribution >= 0.6 is 0 Å². The van der Waals surface area contributed by atoms with Gasteiger partial charge in [0.2, 0.25) is 5.91 Å². The molecule has 2 nitrogen and oxygen atoms in total. The van der Waals surface area contributed by atoms with E-state index in [1.165, 1.54) is 19.3 Å². The number of nitrogens with two attached hydrogens (primary N) is 1. The molecule has 1 saturated carbocycles. The van der Waals surface area contributed by atoms with Crippen LogP contribution in [0.3, 0.4) is 0 Å². The third-order valence-electron chi connectivity index (χ3n) is 2.01. The topological polar surface area (TPSA) is 43.1 Å². The Kier molecular flexibility index (Phi) is 6.35. The molecule has 1 aliphatic carbocycles. The molecular formula is C7H14KNO. The molecule has 1 aliphatic rings. The van der Waals surface area contributed by atoms with Crippen molar-refractivity contribution >= 4 is 57.3 Å². The Hall–Kier alpha value is 1.11. The van der Waals surface area contributed by atoms with Crippen LogP contribution in [-0.4, -0.2) is 57.3 Å². The summed E-state index contributed by atoms with van der Waals surface area (Å²) in [6, 6.07) is 0. The molecule has 1 fully saturated rings. The van der Waals surface area contributed by atoms with E-state index >= 15 is 0 Å². The Morgan fingerprint density at radius 2 is 1.70 bits per heavy atom. The number of primary amides is 1. The van der Waals surface area contributed by atoms with Gasteiger partial charge in [-0.25, -0.2) is 0 Å². The van der Waals surface area contributed by atoms with Crippen LogP contribution in [0.5, 0.6) is 0 Å². The van der Waals surface area contributed by atoms with Crippen molar-refractivity contribution in [2.24, 2.45) is 11.7 Å². The van der Waals surface area contributed by atoms with Gasteiger partial charge in [-0.3, -0.25) is 4.79 Å². The molecule has 0 bridgehead atoms. The second-order valence-corrected chi connectivity index (χ2v) is 2.74. The van der Waals surface area contributed by atoms with E-state index in [-0.39, 0.29) is 63.2 Å². The van der Waals surface area contributed by atoms with E-state index in [9.17, 15) is 4.79 Å². The first-order valence-corrected chi connectivity index (χ1v) is 3.60. The van der Waals surface area contributed by atoms with Crippen molar-refractivity contribution in [2.75, 3.05) is 0 Å². The molecule has 1 rings (SSSR count). The Balaban J connectivity index is 0.000000810. The van der Waals surface area contributed by atoms with Crippen LogP contribution in [0.25, 0.3) is 0 Å². The van der Waals surface area contributed by atoms with Crippen molar-refractivity contribution in [3.63, 3.8) is 0 Å². The monoisotopic (exact) mass is 167 g/mol. The van der Waals surface area contributed by atoms with E-state index in [0.29, 0.717) is 0 Å². The van der Waals surface area contributed by atoms with Gasteiger partial charge in [0, 0.05) is 5.92 Å². The molecule has 10 heavy (non-hydrogen) atoms. The predicted octanol–water partition coefficient (Wildman–Crippen LogP) is 0.403. The third kappa shape index (κ3) is 3.48. The van der Waals surface area contributed by atoms with Crippen molar-refractivity contribution in [3.05, 3.63) is 0 Å². The van der Waals surface area contributed by atoms with Crippen LogP contribution in [0.15, 0.2) is 0 Å². The van der Waals surface area contributed by atoms with E-state index in [2.05, 4.69) is 0 Å². The molecule has 0 aromatic rings. The Bertz CT molecular complexity index is 110. The van der Waals surface area contributed by atoms with Gasteiger partial charge >= 0.3 is 51.4 Å². The van der Waals surface area contributed by atoms with Crippen molar-refractivity contribution in [1.82, 2.24) is 0 Å². The van der Waals surface area contributed by atoms with Gasteiger partial charge in [-0.1, -0.05) is 19.3 Å². The van der Waals surface area contributed by atoms with Gasteiger partial charge in [0.25, 0.3) is 0 Å². The minimum atomic E-state index is -0.102. The molecule has 2 N–H and O–H groups in total. The van der Waals surface area contributed by atoms with Crippen LogP contribution in [0.4, 0.5) is 0 Å². The van der Waals surface area contributed by atoms with Crippen molar-refractivity contribution < 1.29 is 4.79 Å². The second kappa shape index (κ2) is 5.72. The zero-order valence-electron chi connectivity index (χ0n) is 5.60. The van der Waals surface area contributed by atoms with Crippen molar-refractivity contribution in [2.45, 2.75) is 32.1 Å². The number of carbonyl (C=O) groups excluding carboxylic acids is 1. The van der Waals surface area contributed by atoms with E-state index in [1.54, 1.807) is 0 Å². The van der Waals surface area contributed by atoms with Crippen molar-refractivity contribution in [1.29, 1.82) is 0 Å². The van der Waals surface area contributed by atoms with Crippen molar-refractivity contribution in [3.8, 4) is 0 Å². The molecule has 0 saturated heterocycles. The first-order chi connectivity index (χ1) is 4.30. The fraction of sp³-hybridized carbons (Fsp3) is 0.857. The molecule has 0 atom stereocenters. The summed E-state index contributed by atoms with van der Waals surface area (Å²) in [7, 11) is 0. The van der Waals surface area contributed by atoms with Crippen LogP contribution < -0.4 is 5.73 Å². The molecule has 0 radical (unpaired) electrons. The standard InChI is InChI=1S/C7H13NO.K.H/c8-7(9)6-4-2-1-3-5-6;;/h6H,1-5H2,(H2,8,9);;. The van der Waals surface area contributed by atoms with Gasteiger partial charge in [0.05, 0.1) is 0 Å². The minimum absolute atomic E-state index is 0. The normalized spacial score (nSPS) is 19.6. The van der Waals surface area contributed by atoms with Gasteiger partial charge in [0.15, 0.2) is 0 Å². The van der Waals surface area contributed by atoms with E-state index < -0.39 is 0 Å². The predicted molar refractivity (Wildman–Crippen MR) is 42.9 cm³/mol. The average Bonchev–Trinajstić information content (AvgIpc) is 1.90. The Morgan fingerprint density at radius 3 is 2.00 bits per heavy atom. The second-order valence-electron chi connectivity index (χ2n) is 2.74. The number of amides is 1. The summed E-state index contributed by atoms with van der Waals surface area (Å²) in [5, 5.41) is 0. The summed E-state index contributed by atoms with van der Waals surface area (Å²) in [5.41, 5.74) is 5.13. The molecule has 3 heteroatoms. The van der Waals surface area contributed by atoms with Gasteiger partial charge in [-0.05, 0) is 12.8 Å². The molecule has 0 aromatic heterocycles. The van der Waals surface area contributed by atoms with Crippen LogP contribution in [0.2, 0.25) is 0 Å². The molecule has 0 aromatic carbocycles. The zero-order valence-corrected chi connectivity index (χ0v) is 5.60. The molecule has 54 valence electrons. The average molecular weight is 167 g/mol. The molecule has 0 unspecified atom stereocenters. The molecule has 0 spiro atoms.